The van der Waals surface area contributed by atoms with Crippen LogP contribution in [0.15, 0.2) is 84.9 Å². The van der Waals surface area contributed by atoms with Gasteiger partial charge in [-0.3, -0.25) is 9.69 Å². The maximum absolute atomic E-state index is 14.0. The predicted molar refractivity (Wildman–Crippen MR) is 127 cm³/mol. The number of fused-ring (bicyclic) bond motifs is 1. The number of amides is 1. The fourth-order valence-corrected chi connectivity index (χ4v) is 4.04. The first kappa shape index (κ1) is 21.8. The van der Waals surface area contributed by atoms with Gasteiger partial charge in [-0.25, -0.2) is 4.39 Å². The molecule has 1 aliphatic heterocycles. The molecule has 7 nitrogen and oxygen atoms in total. The molecule has 0 bridgehead atoms. The standard InChI is InChI=1S/C25H20ClFN6O/c26-20-12-10-18(11-13-20)23-14-22(17-6-2-1-3-7-17)32(25-29-30-31-33(23)25)16-24(34)28-15-19-8-4-5-9-21(19)27/h1-14,23H,15-16H2,(H,28,34)/t23-/m0/s1. The third-order valence-electron chi connectivity index (χ3n) is 5.60. The zero-order valence-corrected chi connectivity index (χ0v) is 18.7. The van der Waals surface area contributed by atoms with E-state index >= 15 is 0 Å². The lowest BCUT2D eigenvalue weighted by molar-refractivity contribution is -0.119. The molecule has 0 saturated heterocycles. The molecule has 34 heavy (non-hydrogen) atoms. The zero-order chi connectivity index (χ0) is 23.5. The maximum Gasteiger partial charge on any atom is 0.251 e. The number of halogens is 2. The average molecular weight is 475 g/mol. The van der Waals surface area contributed by atoms with E-state index in [1.165, 1.54) is 6.07 Å². The Morgan fingerprint density at radius 2 is 1.74 bits per heavy atom. The molecule has 0 fully saturated rings. The number of nitrogens with one attached hydrogen (secondary N) is 1. The Hall–Kier alpha value is -4.04. The highest BCUT2D eigenvalue weighted by atomic mass is 35.5. The van der Waals surface area contributed by atoms with Crippen LogP contribution in [0.1, 0.15) is 22.7 Å². The average Bonchev–Trinajstić information content (AvgIpc) is 3.35. The van der Waals surface area contributed by atoms with Crippen LogP contribution < -0.4 is 10.2 Å². The van der Waals surface area contributed by atoms with Crippen LogP contribution in [0.5, 0.6) is 0 Å². The molecular weight excluding hydrogens is 455 g/mol. The van der Waals surface area contributed by atoms with Crippen molar-refractivity contribution < 1.29 is 9.18 Å². The van der Waals surface area contributed by atoms with E-state index in [-0.39, 0.29) is 30.9 Å². The van der Waals surface area contributed by atoms with Crippen molar-refractivity contribution in [1.82, 2.24) is 25.5 Å². The van der Waals surface area contributed by atoms with Gasteiger partial charge in [-0.2, -0.15) is 4.68 Å². The summed E-state index contributed by atoms with van der Waals surface area (Å²) in [7, 11) is 0. The molecule has 3 aromatic carbocycles. The first-order valence-electron chi connectivity index (χ1n) is 10.7. The van der Waals surface area contributed by atoms with Crippen LogP contribution >= 0.6 is 11.6 Å². The van der Waals surface area contributed by atoms with Crippen LogP contribution in [0, 0.1) is 5.82 Å². The molecule has 1 aromatic heterocycles. The van der Waals surface area contributed by atoms with E-state index < -0.39 is 0 Å². The van der Waals surface area contributed by atoms with Crippen molar-refractivity contribution in [1.29, 1.82) is 0 Å². The molecule has 1 atom stereocenters. The van der Waals surface area contributed by atoms with Crippen molar-refractivity contribution in [2.45, 2.75) is 12.6 Å². The van der Waals surface area contributed by atoms with Gasteiger partial charge in [0.15, 0.2) is 0 Å². The number of anilines is 1. The van der Waals surface area contributed by atoms with Gasteiger partial charge in [0.05, 0.1) is 5.70 Å². The molecule has 1 amide bonds. The van der Waals surface area contributed by atoms with Crippen LogP contribution in [-0.2, 0) is 11.3 Å². The Bertz CT molecular complexity index is 1340. The smallest absolute Gasteiger partial charge is 0.251 e. The fourth-order valence-electron chi connectivity index (χ4n) is 3.91. The molecule has 170 valence electrons. The molecule has 1 aliphatic rings. The zero-order valence-electron chi connectivity index (χ0n) is 18.0. The fraction of sp³-hybridized carbons (Fsp3) is 0.120. The summed E-state index contributed by atoms with van der Waals surface area (Å²) in [6.07, 6.45) is 2.02. The number of hydrogen-bond acceptors (Lipinski definition) is 5. The molecule has 0 spiro atoms. The van der Waals surface area contributed by atoms with Crippen LogP contribution in [0.2, 0.25) is 5.02 Å². The van der Waals surface area contributed by atoms with E-state index in [1.54, 1.807) is 27.8 Å². The van der Waals surface area contributed by atoms with Gasteiger partial charge in [0.2, 0.25) is 5.91 Å². The van der Waals surface area contributed by atoms with Crippen LogP contribution in [0.3, 0.4) is 0 Å². The quantitative estimate of drug-likeness (QED) is 0.452. The summed E-state index contributed by atoms with van der Waals surface area (Å²) in [5.74, 6) is -0.215. The predicted octanol–water partition coefficient (Wildman–Crippen LogP) is 4.23. The Balaban J connectivity index is 1.47. The molecule has 0 saturated carbocycles. The van der Waals surface area contributed by atoms with Crippen LogP contribution in [0.4, 0.5) is 10.3 Å². The third-order valence-corrected chi connectivity index (χ3v) is 5.86. The van der Waals surface area contributed by atoms with Gasteiger partial charge in [0, 0.05) is 17.1 Å². The van der Waals surface area contributed by atoms with Crippen molar-refractivity contribution in [3.05, 3.63) is 112 Å². The Morgan fingerprint density at radius 1 is 1.00 bits per heavy atom. The number of carbonyl (C=O) groups is 1. The second kappa shape index (κ2) is 9.44. The molecule has 1 N–H and O–H groups in total. The molecule has 4 aromatic rings. The van der Waals surface area contributed by atoms with Crippen molar-refractivity contribution in [2.24, 2.45) is 0 Å². The monoisotopic (exact) mass is 474 g/mol. The number of carbonyl (C=O) groups excluding carboxylic acids is 1. The largest absolute Gasteiger partial charge is 0.350 e. The lowest BCUT2D eigenvalue weighted by atomic mass is 10.0. The lowest BCUT2D eigenvalue weighted by Crippen LogP contribution is -2.40. The number of nitrogens with zero attached hydrogens (tertiary/aromatic N) is 5. The minimum Gasteiger partial charge on any atom is -0.350 e. The molecule has 0 aliphatic carbocycles. The second-order valence-corrected chi connectivity index (χ2v) is 8.23. The highest BCUT2D eigenvalue weighted by Gasteiger charge is 2.31. The van der Waals surface area contributed by atoms with E-state index in [4.69, 9.17) is 11.6 Å². The Kier molecular flexibility index (Phi) is 6.05. The van der Waals surface area contributed by atoms with Crippen molar-refractivity contribution in [2.75, 3.05) is 11.4 Å². The Morgan fingerprint density at radius 3 is 2.50 bits per heavy atom. The van der Waals surface area contributed by atoms with Crippen LogP contribution in [0.25, 0.3) is 5.70 Å². The van der Waals surface area contributed by atoms with Gasteiger partial charge in [-0.1, -0.05) is 77.4 Å². The van der Waals surface area contributed by atoms with E-state index in [9.17, 15) is 9.18 Å². The van der Waals surface area contributed by atoms with Crippen molar-refractivity contribution in [3.8, 4) is 0 Å². The summed E-state index contributed by atoms with van der Waals surface area (Å²) in [5, 5.41) is 15.7. The topological polar surface area (TPSA) is 75.9 Å². The van der Waals surface area contributed by atoms with Crippen molar-refractivity contribution >= 4 is 29.2 Å². The number of tetrazole rings is 1. The summed E-state index contributed by atoms with van der Waals surface area (Å²) < 4.78 is 15.6. The summed E-state index contributed by atoms with van der Waals surface area (Å²) in [4.78, 5) is 14.7. The molecule has 0 radical (unpaired) electrons. The number of hydrogen-bond donors (Lipinski definition) is 1. The normalized spacial score (nSPS) is 14.9. The summed E-state index contributed by atoms with van der Waals surface area (Å²) in [5.41, 5.74) is 3.08. The van der Waals surface area contributed by atoms with Crippen LogP contribution in [-0.4, -0.2) is 32.7 Å². The molecular formula is C25H20ClFN6O. The minimum atomic E-state index is -0.361. The summed E-state index contributed by atoms with van der Waals surface area (Å²) in [6.45, 7) is 0.0466. The van der Waals surface area contributed by atoms with Gasteiger partial charge in [0.25, 0.3) is 5.95 Å². The van der Waals surface area contributed by atoms with E-state index in [0.717, 1.165) is 16.8 Å². The van der Waals surface area contributed by atoms with Gasteiger partial charge >= 0.3 is 0 Å². The van der Waals surface area contributed by atoms with Gasteiger partial charge in [-0.05, 0) is 45.8 Å². The number of aromatic nitrogens is 4. The number of allylic oxidation sites excluding steroid dienone is 1. The Labute approximate surface area is 200 Å². The third kappa shape index (κ3) is 4.40. The molecule has 9 heteroatoms. The first-order chi connectivity index (χ1) is 16.6. The van der Waals surface area contributed by atoms with E-state index in [1.807, 2.05) is 60.7 Å². The summed E-state index contributed by atoms with van der Waals surface area (Å²) in [6, 6.07) is 23.3. The highest BCUT2D eigenvalue weighted by Crippen LogP contribution is 2.36. The molecule has 5 rings (SSSR count). The highest BCUT2D eigenvalue weighted by molar-refractivity contribution is 6.30. The maximum atomic E-state index is 14.0. The van der Waals surface area contributed by atoms with Gasteiger partial charge in [0.1, 0.15) is 18.4 Å². The second-order valence-electron chi connectivity index (χ2n) is 7.79. The van der Waals surface area contributed by atoms with E-state index in [2.05, 4.69) is 20.8 Å². The van der Waals surface area contributed by atoms with Gasteiger partial charge < -0.3 is 5.32 Å². The van der Waals surface area contributed by atoms with Crippen molar-refractivity contribution in [3.63, 3.8) is 0 Å². The minimum absolute atomic E-state index is 0.0388. The number of rotatable bonds is 6. The molecule has 0 unspecified atom stereocenters. The summed E-state index contributed by atoms with van der Waals surface area (Å²) >= 11 is 6.08. The van der Waals surface area contributed by atoms with E-state index in [0.29, 0.717) is 16.5 Å². The first-order valence-corrected chi connectivity index (χ1v) is 11.1. The van der Waals surface area contributed by atoms with Gasteiger partial charge in [-0.15, -0.1) is 0 Å². The molecule has 2 heterocycles. The lowest BCUT2D eigenvalue weighted by Gasteiger charge is -2.32. The number of benzene rings is 3. The SMILES string of the molecule is O=C(CN1C(c2ccccc2)=C[C@@H](c2ccc(Cl)cc2)n2nnnc21)NCc1ccccc1F.